The predicted octanol–water partition coefficient (Wildman–Crippen LogP) is 3.09. The first-order chi connectivity index (χ1) is 14.5. The monoisotopic (exact) mass is 405 g/mol. The molecule has 30 heavy (non-hydrogen) atoms. The third-order valence-corrected chi connectivity index (χ3v) is 5.33. The minimum absolute atomic E-state index is 0.0887. The lowest BCUT2D eigenvalue weighted by Crippen LogP contribution is -2.30. The molecule has 0 aliphatic carbocycles. The molecule has 154 valence electrons. The van der Waals surface area contributed by atoms with E-state index in [2.05, 4.69) is 17.2 Å². The Labute approximate surface area is 173 Å². The maximum atomic E-state index is 12.5. The van der Waals surface area contributed by atoms with Crippen molar-refractivity contribution in [1.82, 2.24) is 9.55 Å². The zero-order chi connectivity index (χ0) is 21.3. The van der Waals surface area contributed by atoms with Gasteiger partial charge in [0.15, 0.2) is 6.10 Å². The van der Waals surface area contributed by atoms with Gasteiger partial charge in [0.05, 0.1) is 16.5 Å². The molecule has 1 atom stereocenters. The van der Waals surface area contributed by atoms with Crippen molar-refractivity contribution in [1.29, 1.82) is 0 Å². The zero-order valence-electron chi connectivity index (χ0n) is 17.0. The van der Waals surface area contributed by atoms with E-state index in [9.17, 15) is 14.4 Å². The standard InChI is InChI=1S/C23H23N3O4/c1-3-15-6-9-17(10-7-15)24-21(27)14(2)30-23(29)16-8-11-18-19(13-16)25-20-5-4-12-26(20)22(18)28/h6-11,13-14H,3-5,12H2,1-2H3,(H,24,27)/t14-/m0/s1. The first-order valence-electron chi connectivity index (χ1n) is 10.1. The molecule has 7 nitrogen and oxygen atoms in total. The van der Waals surface area contributed by atoms with Crippen LogP contribution in [0.15, 0.2) is 47.3 Å². The number of nitrogens with one attached hydrogen (secondary N) is 1. The van der Waals surface area contributed by atoms with E-state index >= 15 is 0 Å². The number of aryl methyl sites for hydroxylation is 2. The van der Waals surface area contributed by atoms with Crippen molar-refractivity contribution >= 4 is 28.5 Å². The van der Waals surface area contributed by atoms with E-state index in [1.54, 1.807) is 16.7 Å². The van der Waals surface area contributed by atoms with Crippen molar-refractivity contribution in [3.8, 4) is 0 Å². The number of fused-ring (bicyclic) bond motifs is 2. The summed E-state index contributed by atoms with van der Waals surface area (Å²) < 4.78 is 7.01. The van der Waals surface area contributed by atoms with Gasteiger partial charge in [-0.3, -0.25) is 14.2 Å². The Kier molecular flexibility index (Phi) is 5.35. The van der Waals surface area contributed by atoms with E-state index in [1.165, 1.54) is 18.6 Å². The summed E-state index contributed by atoms with van der Waals surface area (Å²) in [6, 6.07) is 12.2. The minimum atomic E-state index is -0.974. The Morgan fingerprint density at radius 2 is 1.97 bits per heavy atom. The number of esters is 1. The van der Waals surface area contributed by atoms with Crippen LogP contribution in [0, 0.1) is 0 Å². The number of carbonyl (C=O) groups excluding carboxylic acids is 2. The Hall–Kier alpha value is -3.48. The number of anilines is 1. The fraction of sp³-hybridized carbons (Fsp3) is 0.304. The number of amides is 1. The highest BCUT2D eigenvalue weighted by atomic mass is 16.5. The van der Waals surface area contributed by atoms with Crippen LogP contribution >= 0.6 is 0 Å². The highest BCUT2D eigenvalue weighted by Crippen LogP contribution is 2.17. The summed E-state index contributed by atoms with van der Waals surface area (Å²) in [6.07, 6.45) is 1.58. The Morgan fingerprint density at radius 3 is 2.70 bits per heavy atom. The van der Waals surface area contributed by atoms with E-state index in [4.69, 9.17) is 4.74 Å². The molecule has 1 aromatic heterocycles. The summed E-state index contributed by atoms with van der Waals surface area (Å²) in [6.45, 7) is 4.25. The lowest BCUT2D eigenvalue weighted by atomic mass is 10.1. The topological polar surface area (TPSA) is 90.3 Å². The molecule has 0 radical (unpaired) electrons. The Bertz CT molecular complexity index is 1180. The molecule has 1 aliphatic heterocycles. The Morgan fingerprint density at radius 1 is 1.20 bits per heavy atom. The number of nitrogens with zero attached hydrogens (tertiary/aromatic N) is 2. The van der Waals surface area contributed by atoms with Crippen LogP contribution in [0.5, 0.6) is 0 Å². The third-order valence-electron chi connectivity index (χ3n) is 5.33. The van der Waals surface area contributed by atoms with Crippen LogP contribution in [-0.4, -0.2) is 27.5 Å². The highest BCUT2D eigenvalue weighted by Gasteiger charge is 2.21. The molecule has 0 spiro atoms. The molecular formula is C23H23N3O4. The van der Waals surface area contributed by atoms with Crippen LogP contribution in [0.25, 0.3) is 10.9 Å². The van der Waals surface area contributed by atoms with Crippen molar-refractivity contribution in [3.05, 3.63) is 69.8 Å². The number of ether oxygens (including phenoxy) is 1. The summed E-state index contributed by atoms with van der Waals surface area (Å²) in [7, 11) is 0. The normalized spacial score (nSPS) is 13.7. The average molecular weight is 405 g/mol. The van der Waals surface area contributed by atoms with Crippen LogP contribution in [0.4, 0.5) is 5.69 Å². The molecule has 0 saturated heterocycles. The Balaban J connectivity index is 1.47. The maximum absolute atomic E-state index is 12.5. The van der Waals surface area contributed by atoms with Crippen LogP contribution in [0.3, 0.4) is 0 Å². The molecule has 2 aromatic carbocycles. The van der Waals surface area contributed by atoms with Gasteiger partial charge in [-0.25, -0.2) is 9.78 Å². The molecular weight excluding hydrogens is 382 g/mol. The fourth-order valence-electron chi connectivity index (χ4n) is 3.56. The van der Waals surface area contributed by atoms with E-state index < -0.39 is 18.0 Å². The van der Waals surface area contributed by atoms with E-state index in [0.717, 1.165) is 25.1 Å². The summed E-state index contributed by atoms with van der Waals surface area (Å²) in [5.74, 6) is -0.314. The lowest BCUT2D eigenvalue weighted by molar-refractivity contribution is -0.123. The number of hydrogen-bond acceptors (Lipinski definition) is 5. The molecule has 0 bridgehead atoms. The third kappa shape index (κ3) is 3.83. The molecule has 4 rings (SSSR count). The predicted molar refractivity (Wildman–Crippen MR) is 114 cm³/mol. The van der Waals surface area contributed by atoms with Gasteiger partial charge in [0.25, 0.3) is 11.5 Å². The van der Waals surface area contributed by atoms with E-state index in [-0.39, 0.29) is 11.1 Å². The second-order valence-corrected chi connectivity index (χ2v) is 7.41. The summed E-state index contributed by atoms with van der Waals surface area (Å²) >= 11 is 0. The molecule has 1 N–H and O–H groups in total. The fourth-order valence-corrected chi connectivity index (χ4v) is 3.56. The SMILES string of the molecule is CCc1ccc(NC(=O)[C@H](C)OC(=O)c2ccc3c(=O)n4c(nc3c2)CCC4)cc1. The van der Waals surface area contributed by atoms with Crippen molar-refractivity contribution in [2.45, 2.75) is 45.8 Å². The van der Waals surface area contributed by atoms with Gasteiger partial charge in [-0.05, 0) is 55.7 Å². The number of benzene rings is 2. The molecule has 1 amide bonds. The number of hydrogen-bond donors (Lipinski definition) is 1. The zero-order valence-corrected chi connectivity index (χ0v) is 17.0. The van der Waals surface area contributed by atoms with Gasteiger partial charge in [-0.1, -0.05) is 19.1 Å². The molecule has 7 heteroatoms. The quantitative estimate of drug-likeness (QED) is 0.659. The van der Waals surface area contributed by atoms with Gasteiger partial charge >= 0.3 is 5.97 Å². The molecule has 2 heterocycles. The minimum Gasteiger partial charge on any atom is -0.449 e. The lowest BCUT2D eigenvalue weighted by Gasteiger charge is -2.14. The van der Waals surface area contributed by atoms with Gasteiger partial charge in [0.2, 0.25) is 0 Å². The molecule has 0 saturated carbocycles. The van der Waals surface area contributed by atoms with Gasteiger partial charge in [0.1, 0.15) is 5.82 Å². The van der Waals surface area contributed by atoms with Gasteiger partial charge < -0.3 is 10.1 Å². The van der Waals surface area contributed by atoms with Crippen molar-refractivity contribution < 1.29 is 14.3 Å². The molecule has 0 fully saturated rings. The van der Waals surface area contributed by atoms with Gasteiger partial charge in [-0.2, -0.15) is 0 Å². The summed E-state index contributed by atoms with van der Waals surface area (Å²) in [5.41, 5.74) is 2.45. The number of carbonyl (C=O) groups is 2. The van der Waals surface area contributed by atoms with Crippen LogP contribution in [0.2, 0.25) is 0 Å². The molecule has 1 aliphatic rings. The second kappa shape index (κ2) is 8.10. The summed E-state index contributed by atoms with van der Waals surface area (Å²) in [4.78, 5) is 42.0. The largest absolute Gasteiger partial charge is 0.449 e. The van der Waals surface area contributed by atoms with Crippen molar-refractivity contribution in [2.75, 3.05) is 5.32 Å². The van der Waals surface area contributed by atoms with Gasteiger partial charge in [0, 0.05) is 18.7 Å². The van der Waals surface area contributed by atoms with E-state index in [0.29, 0.717) is 23.1 Å². The molecule has 0 unspecified atom stereocenters. The number of rotatable bonds is 5. The van der Waals surface area contributed by atoms with Crippen molar-refractivity contribution in [2.24, 2.45) is 0 Å². The summed E-state index contributed by atoms with van der Waals surface area (Å²) in [5, 5.41) is 3.21. The second-order valence-electron chi connectivity index (χ2n) is 7.41. The van der Waals surface area contributed by atoms with E-state index in [1.807, 2.05) is 24.3 Å². The molecule has 3 aromatic rings. The van der Waals surface area contributed by atoms with Crippen LogP contribution in [0.1, 0.15) is 42.0 Å². The van der Waals surface area contributed by atoms with Crippen LogP contribution in [-0.2, 0) is 28.9 Å². The van der Waals surface area contributed by atoms with Gasteiger partial charge in [-0.15, -0.1) is 0 Å². The smallest absolute Gasteiger partial charge is 0.338 e. The highest BCUT2D eigenvalue weighted by molar-refractivity contribution is 5.98. The average Bonchev–Trinajstić information content (AvgIpc) is 3.22. The number of aromatic nitrogens is 2. The first-order valence-corrected chi connectivity index (χ1v) is 10.1. The first kappa shape index (κ1) is 19.8. The maximum Gasteiger partial charge on any atom is 0.338 e. The van der Waals surface area contributed by atoms with Crippen molar-refractivity contribution in [3.63, 3.8) is 0 Å². The van der Waals surface area contributed by atoms with Crippen LogP contribution < -0.4 is 10.9 Å².